The minimum atomic E-state index is -0.945. The fourth-order valence-corrected chi connectivity index (χ4v) is 1.58. The lowest BCUT2D eigenvalue weighted by Gasteiger charge is -2.09. The second-order valence-corrected chi connectivity index (χ2v) is 4.21. The van der Waals surface area contributed by atoms with Crippen LogP contribution in [0, 0.1) is 17.1 Å². The third-order valence-corrected chi connectivity index (χ3v) is 2.65. The van der Waals surface area contributed by atoms with Crippen LogP contribution in [0.15, 0.2) is 48.5 Å². The summed E-state index contributed by atoms with van der Waals surface area (Å²) in [4.78, 5) is 23.3. The molecule has 0 atom stereocenters. The van der Waals surface area contributed by atoms with Crippen molar-refractivity contribution in [2.24, 2.45) is 0 Å². The molecule has 3 N–H and O–H groups in total. The van der Waals surface area contributed by atoms with E-state index >= 15 is 0 Å². The molecule has 2 aromatic rings. The van der Waals surface area contributed by atoms with Crippen molar-refractivity contribution < 1.29 is 14.0 Å². The van der Waals surface area contributed by atoms with Crippen molar-refractivity contribution in [3.63, 3.8) is 0 Å². The van der Waals surface area contributed by atoms with Crippen LogP contribution in [0.25, 0.3) is 0 Å². The highest BCUT2D eigenvalue weighted by molar-refractivity contribution is 6.39. The van der Waals surface area contributed by atoms with Crippen LogP contribution < -0.4 is 16.2 Å². The van der Waals surface area contributed by atoms with Gasteiger partial charge >= 0.3 is 11.8 Å². The molecule has 0 bridgehead atoms. The highest BCUT2D eigenvalue weighted by Crippen LogP contribution is 2.13. The maximum atomic E-state index is 13.1. The number of carbonyl (C=O) groups is 2. The Labute approximate surface area is 125 Å². The number of amides is 2. The maximum Gasteiger partial charge on any atom is 0.327 e. The van der Waals surface area contributed by atoms with Crippen LogP contribution in [0.4, 0.5) is 15.8 Å². The summed E-state index contributed by atoms with van der Waals surface area (Å²) in [7, 11) is 0. The number of nitrogens with one attached hydrogen (secondary N) is 3. The van der Waals surface area contributed by atoms with Crippen LogP contribution in [0.5, 0.6) is 0 Å². The van der Waals surface area contributed by atoms with Gasteiger partial charge in [-0.2, -0.15) is 5.26 Å². The fourth-order valence-electron chi connectivity index (χ4n) is 1.58. The van der Waals surface area contributed by atoms with E-state index < -0.39 is 17.6 Å². The van der Waals surface area contributed by atoms with Gasteiger partial charge in [-0.05, 0) is 30.3 Å². The number of carbonyl (C=O) groups excluding carboxylic acids is 2. The molecule has 0 aliphatic heterocycles. The summed E-state index contributed by atoms with van der Waals surface area (Å²) in [5, 5.41) is 11.0. The van der Waals surface area contributed by atoms with E-state index in [-0.39, 0.29) is 11.3 Å². The first-order valence-electron chi connectivity index (χ1n) is 6.22. The van der Waals surface area contributed by atoms with Crippen LogP contribution in [0.1, 0.15) is 5.56 Å². The minimum Gasteiger partial charge on any atom is -0.318 e. The molecule has 7 heteroatoms. The number of nitriles is 1. The molecule has 2 rings (SSSR count). The number of anilines is 2. The Morgan fingerprint density at radius 2 is 1.73 bits per heavy atom. The van der Waals surface area contributed by atoms with Gasteiger partial charge in [0.1, 0.15) is 11.9 Å². The zero-order valence-electron chi connectivity index (χ0n) is 11.3. The summed E-state index contributed by atoms with van der Waals surface area (Å²) < 4.78 is 13.1. The molecule has 2 aromatic carbocycles. The Morgan fingerprint density at radius 3 is 2.41 bits per heavy atom. The van der Waals surface area contributed by atoms with Crippen molar-refractivity contribution in [3.05, 3.63) is 59.9 Å². The second-order valence-electron chi connectivity index (χ2n) is 4.21. The van der Waals surface area contributed by atoms with E-state index in [1.165, 1.54) is 6.07 Å². The molecular formula is C15H11FN4O2. The fraction of sp³-hybridized carbons (Fsp3) is 0. The van der Waals surface area contributed by atoms with Gasteiger partial charge in [0.05, 0.1) is 11.3 Å². The lowest BCUT2D eigenvalue weighted by Crippen LogP contribution is -2.38. The number of benzene rings is 2. The molecule has 0 aromatic heterocycles. The monoisotopic (exact) mass is 298 g/mol. The van der Waals surface area contributed by atoms with E-state index in [9.17, 15) is 14.0 Å². The van der Waals surface area contributed by atoms with E-state index in [0.29, 0.717) is 5.69 Å². The van der Waals surface area contributed by atoms with E-state index in [1.54, 1.807) is 36.4 Å². The van der Waals surface area contributed by atoms with E-state index in [1.807, 2.05) is 0 Å². The topological polar surface area (TPSA) is 94.0 Å². The van der Waals surface area contributed by atoms with Crippen molar-refractivity contribution in [2.45, 2.75) is 0 Å². The van der Waals surface area contributed by atoms with Gasteiger partial charge in [-0.25, -0.2) is 4.39 Å². The number of hydrogen-bond acceptors (Lipinski definition) is 4. The number of hydrogen-bond donors (Lipinski definition) is 3. The third-order valence-electron chi connectivity index (χ3n) is 2.65. The van der Waals surface area contributed by atoms with Crippen molar-refractivity contribution in [2.75, 3.05) is 10.7 Å². The van der Waals surface area contributed by atoms with Crippen LogP contribution in [0.2, 0.25) is 0 Å². The van der Waals surface area contributed by atoms with Gasteiger partial charge in [-0.3, -0.25) is 20.4 Å². The molecule has 6 nitrogen and oxygen atoms in total. The Kier molecular flexibility index (Phi) is 4.67. The Morgan fingerprint density at radius 1 is 1.00 bits per heavy atom. The van der Waals surface area contributed by atoms with Gasteiger partial charge in [0.15, 0.2) is 0 Å². The number of halogens is 1. The molecular weight excluding hydrogens is 287 g/mol. The predicted octanol–water partition coefficient (Wildman–Crippen LogP) is 1.78. The average molecular weight is 298 g/mol. The molecule has 110 valence electrons. The SMILES string of the molecule is N#Cc1cc(NC(=O)C(=O)NNc2ccccc2)ccc1F. The number of nitrogens with zero attached hydrogens (tertiary/aromatic N) is 1. The molecule has 0 radical (unpaired) electrons. The number of para-hydroxylation sites is 1. The molecule has 0 saturated carbocycles. The quantitative estimate of drug-likeness (QED) is 0.594. The van der Waals surface area contributed by atoms with Crippen LogP contribution in [-0.2, 0) is 9.59 Å². The standard InChI is InChI=1S/C15H11FN4O2/c16-13-7-6-12(8-10(13)9-17)18-14(21)15(22)20-19-11-4-2-1-3-5-11/h1-8,19H,(H,18,21)(H,20,22). The molecule has 0 fully saturated rings. The second kappa shape index (κ2) is 6.85. The van der Waals surface area contributed by atoms with Crippen molar-refractivity contribution >= 4 is 23.2 Å². The van der Waals surface area contributed by atoms with Crippen molar-refractivity contribution in [1.29, 1.82) is 5.26 Å². The van der Waals surface area contributed by atoms with Gasteiger partial charge in [0.25, 0.3) is 0 Å². The van der Waals surface area contributed by atoms with E-state index in [0.717, 1.165) is 12.1 Å². The Hall–Kier alpha value is -3.40. The molecule has 0 unspecified atom stereocenters. The first-order chi connectivity index (χ1) is 10.6. The first-order valence-corrected chi connectivity index (χ1v) is 6.22. The smallest absolute Gasteiger partial charge is 0.318 e. The predicted molar refractivity (Wildman–Crippen MR) is 78.0 cm³/mol. The lowest BCUT2D eigenvalue weighted by atomic mass is 10.2. The molecule has 0 saturated heterocycles. The number of hydrazine groups is 1. The van der Waals surface area contributed by atoms with Gasteiger partial charge in [0.2, 0.25) is 0 Å². The van der Waals surface area contributed by atoms with E-state index in [2.05, 4.69) is 16.2 Å². The zero-order valence-corrected chi connectivity index (χ0v) is 11.3. The summed E-state index contributed by atoms with van der Waals surface area (Å²) in [6.07, 6.45) is 0. The van der Waals surface area contributed by atoms with Crippen LogP contribution in [-0.4, -0.2) is 11.8 Å². The molecule has 0 spiro atoms. The number of rotatable bonds is 3. The van der Waals surface area contributed by atoms with Gasteiger partial charge in [-0.15, -0.1) is 0 Å². The minimum absolute atomic E-state index is 0.151. The summed E-state index contributed by atoms with van der Waals surface area (Å²) in [6, 6.07) is 13.8. The van der Waals surface area contributed by atoms with Crippen molar-refractivity contribution in [3.8, 4) is 6.07 Å². The summed E-state index contributed by atoms with van der Waals surface area (Å²) in [5.74, 6) is -2.57. The van der Waals surface area contributed by atoms with Gasteiger partial charge < -0.3 is 5.32 Å². The third kappa shape index (κ3) is 3.80. The van der Waals surface area contributed by atoms with Crippen LogP contribution >= 0.6 is 0 Å². The summed E-state index contributed by atoms with van der Waals surface area (Å²) in [5.41, 5.74) is 5.33. The molecule has 22 heavy (non-hydrogen) atoms. The zero-order chi connectivity index (χ0) is 15.9. The van der Waals surface area contributed by atoms with Gasteiger partial charge in [0, 0.05) is 5.69 Å². The largest absolute Gasteiger partial charge is 0.327 e. The Bertz CT molecular complexity index is 741. The maximum absolute atomic E-state index is 13.1. The summed E-state index contributed by atoms with van der Waals surface area (Å²) in [6.45, 7) is 0. The Balaban J connectivity index is 1.94. The highest BCUT2D eigenvalue weighted by Gasteiger charge is 2.14. The average Bonchev–Trinajstić information content (AvgIpc) is 2.55. The first kappa shape index (κ1) is 15.0. The molecule has 0 aliphatic carbocycles. The highest BCUT2D eigenvalue weighted by atomic mass is 19.1. The lowest BCUT2D eigenvalue weighted by molar-refractivity contribution is -0.135. The van der Waals surface area contributed by atoms with E-state index in [4.69, 9.17) is 5.26 Å². The molecule has 2 amide bonds. The summed E-state index contributed by atoms with van der Waals surface area (Å²) >= 11 is 0. The van der Waals surface area contributed by atoms with Gasteiger partial charge in [-0.1, -0.05) is 18.2 Å². The van der Waals surface area contributed by atoms with Crippen molar-refractivity contribution in [1.82, 2.24) is 5.43 Å². The van der Waals surface area contributed by atoms with Crippen LogP contribution in [0.3, 0.4) is 0 Å². The molecule has 0 heterocycles. The normalized spacial score (nSPS) is 9.45. The molecule has 0 aliphatic rings.